The van der Waals surface area contributed by atoms with Gasteiger partial charge in [-0.05, 0) is 12.1 Å². The van der Waals surface area contributed by atoms with Crippen LogP contribution in [0, 0.1) is 0 Å². The molecule has 5 heteroatoms. The maximum atomic E-state index is 10.7. The average molecular weight is 176 g/mol. The third-order valence-electron chi connectivity index (χ3n) is 1.72. The van der Waals surface area contributed by atoms with Crippen LogP contribution in [0.4, 0.5) is 0 Å². The highest BCUT2D eigenvalue weighted by atomic mass is 16.1. The van der Waals surface area contributed by atoms with E-state index in [-0.39, 0.29) is 12.5 Å². The summed E-state index contributed by atoms with van der Waals surface area (Å²) in [5.41, 5.74) is 6.52. The van der Waals surface area contributed by atoms with Crippen LogP contribution in [0.5, 0.6) is 0 Å². The SMILES string of the molecule is NC(=O)Cn1cnc2ncccc21. The molecule has 0 aliphatic heterocycles. The summed E-state index contributed by atoms with van der Waals surface area (Å²) in [5, 5.41) is 0. The Morgan fingerprint density at radius 3 is 3.15 bits per heavy atom. The highest BCUT2D eigenvalue weighted by Crippen LogP contribution is 2.07. The lowest BCUT2D eigenvalue weighted by Gasteiger charge is -1.98. The van der Waals surface area contributed by atoms with Crippen LogP contribution in [-0.2, 0) is 11.3 Å². The van der Waals surface area contributed by atoms with Gasteiger partial charge in [0.2, 0.25) is 5.91 Å². The molecule has 0 saturated carbocycles. The van der Waals surface area contributed by atoms with Gasteiger partial charge in [0, 0.05) is 6.20 Å². The number of carbonyl (C=O) groups is 1. The molecule has 66 valence electrons. The molecular weight excluding hydrogens is 168 g/mol. The smallest absolute Gasteiger partial charge is 0.237 e. The lowest BCUT2D eigenvalue weighted by molar-refractivity contribution is -0.118. The van der Waals surface area contributed by atoms with E-state index < -0.39 is 0 Å². The highest BCUT2D eigenvalue weighted by molar-refractivity contribution is 5.77. The summed E-state index contributed by atoms with van der Waals surface area (Å²) in [6, 6.07) is 3.64. The first-order valence-corrected chi connectivity index (χ1v) is 3.81. The topological polar surface area (TPSA) is 73.8 Å². The van der Waals surface area contributed by atoms with Crippen molar-refractivity contribution in [2.24, 2.45) is 5.73 Å². The summed E-state index contributed by atoms with van der Waals surface area (Å²) in [5.74, 6) is -0.386. The number of rotatable bonds is 2. The van der Waals surface area contributed by atoms with Gasteiger partial charge in [0.15, 0.2) is 5.65 Å². The van der Waals surface area contributed by atoms with Crippen molar-refractivity contribution in [2.45, 2.75) is 6.54 Å². The van der Waals surface area contributed by atoms with Crippen LogP contribution in [0.3, 0.4) is 0 Å². The van der Waals surface area contributed by atoms with Crippen molar-refractivity contribution in [1.82, 2.24) is 14.5 Å². The van der Waals surface area contributed by atoms with Gasteiger partial charge in [0.25, 0.3) is 0 Å². The summed E-state index contributed by atoms with van der Waals surface area (Å²) in [7, 11) is 0. The number of primary amides is 1. The lowest BCUT2D eigenvalue weighted by Crippen LogP contribution is -2.17. The Morgan fingerprint density at radius 1 is 1.54 bits per heavy atom. The van der Waals surface area contributed by atoms with Gasteiger partial charge in [-0.3, -0.25) is 4.79 Å². The van der Waals surface area contributed by atoms with Gasteiger partial charge >= 0.3 is 0 Å². The van der Waals surface area contributed by atoms with Crippen molar-refractivity contribution < 1.29 is 4.79 Å². The fourth-order valence-electron chi connectivity index (χ4n) is 1.19. The zero-order valence-corrected chi connectivity index (χ0v) is 6.84. The molecule has 0 aromatic carbocycles. The van der Waals surface area contributed by atoms with Crippen molar-refractivity contribution in [2.75, 3.05) is 0 Å². The molecule has 0 bridgehead atoms. The van der Waals surface area contributed by atoms with Crippen LogP contribution >= 0.6 is 0 Å². The first-order chi connectivity index (χ1) is 6.27. The van der Waals surface area contributed by atoms with E-state index in [0.717, 1.165) is 5.52 Å². The van der Waals surface area contributed by atoms with Crippen LogP contribution in [0.25, 0.3) is 11.2 Å². The zero-order chi connectivity index (χ0) is 9.26. The second-order valence-corrected chi connectivity index (χ2v) is 2.68. The first-order valence-electron chi connectivity index (χ1n) is 3.81. The molecule has 13 heavy (non-hydrogen) atoms. The Labute approximate surface area is 74.2 Å². The van der Waals surface area contributed by atoms with Crippen LogP contribution in [0.1, 0.15) is 0 Å². The first kappa shape index (κ1) is 7.72. The van der Waals surface area contributed by atoms with E-state index >= 15 is 0 Å². The second-order valence-electron chi connectivity index (χ2n) is 2.68. The standard InChI is InChI=1S/C8H8N4O/c9-7(13)4-12-5-11-8-6(12)2-1-3-10-8/h1-3,5H,4H2,(H2,9,13). The molecule has 5 nitrogen and oxygen atoms in total. The summed E-state index contributed by atoms with van der Waals surface area (Å²) < 4.78 is 1.67. The van der Waals surface area contributed by atoms with Crippen molar-refractivity contribution in [1.29, 1.82) is 0 Å². The molecule has 2 heterocycles. The monoisotopic (exact) mass is 176 g/mol. The van der Waals surface area contributed by atoms with Crippen LogP contribution in [0.2, 0.25) is 0 Å². The lowest BCUT2D eigenvalue weighted by atomic mass is 10.4. The molecule has 0 atom stereocenters. The molecule has 0 saturated heterocycles. The number of hydrogen-bond donors (Lipinski definition) is 1. The average Bonchev–Trinajstić information content (AvgIpc) is 2.48. The summed E-state index contributed by atoms with van der Waals surface area (Å²) in [6.07, 6.45) is 3.21. The van der Waals surface area contributed by atoms with Gasteiger partial charge in [-0.15, -0.1) is 0 Å². The second kappa shape index (κ2) is 2.85. The molecule has 2 rings (SSSR count). The normalized spacial score (nSPS) is 10.5. The third-order valence-corrected chi connectivity index (χ3v) is 1.72. The highest BCUT2D eigenvalue weighted by Gasteiger charge is 2.03. The number of carbonyl (C=O) groups excluding carboxylic acids is 1. The number of nitrogens with zero attached hydrogens (tertiary/aromatic N) is 3. The fraction of sp³-hybridized carbons (Fsp3) is 0.125. The fourth-order valence-corrected chi connectivity index (χ4v) is 1.19. The van der Waals surface area contributed by atoms with Crippen LogP contribution < -0.4 is 5.73 Å². The largest absolute Gasteiger partial charge is 0.368 e. The summed E-state index contributed by atoms with van der Waals surface area (Å²) in [4.78, 5) is 18.7. The molecule has 0 fully saturated rings. The Balaban J connectivity index is 2.51. The van der Waals surface area contributed by atoms with Crippen molar-refractivity contribution >= 4 is 17.1 Å². The number of hydrogen-bond acceptors (Lipinski definition) is 3. The van der Waals surface area contributed by atoms with Gasteiger partial charge in [0.1, 0.15) is 6.54 Å². The molecule has 0 aliphatic rings. The Hall–Kier alpha value is -1.91. The number of fused-ring (bicyclic) bond motifs is 1. The minimum atomic E-state index is -0.386. The molecule has 0 radical (unpaired) electrons. The number of amides is 1. The van der Waals surface area contributed by atoms with Gasteiger partial charge < -0.3 is 10.3 Å². The minimum absolute atomic E-state index is 0.141. The van der Waals surface area contributed by atoms with Gasteiger partial charge in [-0.2, -0.15) is 0 Å². The number of imidazole rings is 1. The van der Waals surface area contributed by atoms with Crippen molar-refractivity contribution in [3.63, 3.8) is 0 Å². The Bertz CT molecular complexity index is 448. The molecule has 2 N–H and O–H groups in total. The molecule has 0 spiro atoms. The Morgan fingerprint density at radius 2 is 2.38 bits per heavy atom. The van der Waals surface area contributed by atoms with Crippen LogP contribution in [-0.4, -0.2) is 20.4 Å². The molecular formula is C8H8N4O. The van der Waals surface area contributed by atoms with Gasteiger partial charge in [-0.1, -0.05) is 0 Å². The molecule has 0 unspecified atom stereocenters. The van der Waals surface area contributed by atoms with E-state index in [1.54, 1.807) is 23.2 Å². The number of pyridine rings is 1. The molecule has 1 amide bonds. The number of aromatic nitrogens is 3. The van der Waals surface area contributed by atoms with E-state index in [9.17, 15) is 4.79 Å². The summed E-state index contributed by atoms with van der Waals surface area (Å²) in [6.45, 7) is 0.141. The maximum absolute atomic E-state index is 10.7. The van der Waals surface area contributed by atoms with Gasteiger partial charge in [-0.25, -0.2) is 9.97 Å². The minimum Gasteiger partial charge on any atom is -0.368 e. The maximum Gasteiger partial charge on any atom is 0.237 e. The molecule has 2 aromatic heterocycles. The van der Waals surface area contributed by atoms with Crippen molar-refractivity contribution in [3.05, 3.63) is 24.7 Å². The van der Waals surface area contributed by atoms with E-state index in [4.69, 9.17) is 5.73 Å². The van der Waals surface area contributed by atoms with E-state index in [1.807, 2.05) is 6.07 Å². The third kappa shape index (κ3) is 1.35. The quantitative estimate of drug-likeness (QED) is 0.695. The molecule has 0 aliphatic carbocycles. The van der Waals surface area contributed by atoms with E-state index in [1.165, 1.54) is 0 Å². The zero-order valence-electron chi connectivity index (χ0n) is 6.84. The predicted octanol–water partition coefficient (Wildman–Crippen LogP) is -0.0834. The van der Waals surface area contributed by atoms with Crippen molar-refractivity contribution in [3.8, 4) is 0 Å². The summed E-state index contributed by atoms with van der Waals surface area (Å²) >= 11 is 0. The number of nitrogens with two attached hydrogens (primary N) is 1. The van der Waals surface area contributed by atoms with E-state index in [0.29, 0.717) is 5.65 Å². The van der Waals surface area contributed by atoms with Crippen LogP contribution in [0.15, 0.2) is 24.7 Å². The predicted molar refractivity (Wildman–Crippen MR) is 46.7 cm³/mol. The Kier molecular flexibility index (Phi) is 1.70. The van der Waals surface area contributed by atoms with E-state index in [2.05, 4.69) is 9.97 Å². The van der Waals surface area contributed by atoms with Gasteiger partial charge in [0.05, 0.1) is 11.8 Å². The molecule has 2 aromatic rings.